The van der Waals surface area contributed by atoms with Crippen LogP contribution < -0.4 is 10.6 Å². The number of amides is 2. The van der Waals surface area contributed by atoms with Crippen LogP contribution in [-0.4, -0.2) is 37.0 Å². The molecular weight excluding hydrogens is 508 g/mol. The summed E-state index contributed by atoms with van der Waals surface area (Å²) in [6.45, 7) is 5.25. The van der Waals surface area contributed by atoms with Crippen LogP contribution in [0.5, 0.6) is 0 Å². The Hall–Kier alpha value is -5.00. The number of nitrogens with zero attached hydrogens (tertiary/aromatic N) is 5. The van der Waals surface area contributed by atoms with Crippen LogP contribution in [0.4, 0.5) is 25.1 Å². The summed E-state index contributed by atoms with van der Waals surface area (Å²) in [4.78, 5) is 32.6. The van der Waals surface area contributed by atoms with Gasteiger partial charge in [0.2, 0.25) is 5.95 Å². The highest BCUT2D eigenvalue weighted by molar-refractivity contribution is 6.03. The largest absolute Gasteiger partial charge is 0.441 e. The molecule has 2 N–H and O–H groups in total. The molecule has 0 spiro atoms. The van der Waals surface area contributed by atoms with Gasteiger partial charge >= 0.3 is 6.09 Å². The molecule has 39 heavy (non-hydrogen) atoms. The second-order valence-corrected chi connectivity index (χ2v) is 8.59. The molecule has 12 heteroatoms. The number of aryl methyl sites for hydroxylation is 2. The van der Waals surface area contributed by atoms with Crippen molar-refractivity contribution in [2.45, 2.75) is 25.9 Å². The average molecular weight is 534 g/mol. The van der Waals surface area contributed by atoms with Gasteiger partial charge in [-0.05, 0) is 43.5 Å². The molecule has 3 aromatic heterocycles. The molecule has 0 aliphatic heterocycles. The van der Waals surface area contributed by atoms with Crippen LogP contribution >= 0.6 is 0 Å². The van der Waals surface area contributed by atoms with E-state index in [0.29, 0.717) is 29.8 Å². The van der Waals surface area contributed by atoms with Gasteiger partial charge in [-0.3, -0.25) is 15.1 Å². The molecule has 0 radical (unpaired) electrons. The second-order valence-electron chi connectivity index (χ2n) is 8.59. The summed E-state index contributed by atoms with van der Waals surface area (Å²) in [5.41, 5.74) is 2.36. The Morgan fingerprint density at radius 1 is 1.08 bits per heavy atom. The Morgan fingerprint density at radius 3 is 2.56 bits per heavy atom. The van der Waals surface area contributed by atoms with E-state index in [-0.39, 0.29) is 23.0 Å². The number of anilines is 2. The summed E-state index contributed by atoms with van der Waals surface area (Å²) in [6.07, 6.45) is 1.30. The van der Waals surface area contributed by atoms with Crippen LogP contribution in [0.3, 0.4) is 0 Å². The van der Waals surface area contributed by atoms with Gasteiger partial charge in [-0.2, -0.15) is 4.39 Å². The number of carbonyl (C=O) groups excluding carboxylic acids is 2. The van der Waals surface area contributed by atoms with E-state index in [1.807, 2.05) is 30.3 Å². The zero-order valence-corrected chi connectivity index (χ0v) is 21.2. The van der Waals surface area contributed by atoms with E-state index in [1.54, 1.807) is 19.2 Å². The van der Waals surface area contributed by atoms with E-state index in [0.717, 1.165) is 17.8 Å². The van der Waals surface area contributed by atoms with Gasteiger partial charge in [0.25, 0.3) is 5.91 Å². The van der Waals surface area contributed by atoms with E-state index >= 15 is 0 Å². The van der Waals surface area contributed by atoms with E-state index in [1.165, 1.54) is 17.8 Å². The van der Waals surface area contributed by atoms with Crippen molar-refractivity contribution in [3.8, 4) is 11.4 Å². The molecule has 10 nitrogen and oxygen atoms in total. The first-order chi connectivity index (χ1) is 18.7. The molecule has 3 heterocycles. The highest BCUT2D eigenvalue weighted by Crippen LogP contribution is 2.26. The lowest BCUT2D eigenvalue weighted by Crippen LogP contribution is -2.19. The highest BCUT2D eigenvalue weighted by atomic mass is 19.1. The lowest BCUT2D eigenvalue weighted by atomic mass is 10.1. The zero-order chi connectivity index (χ0) is 27.9. The number of halogens is 2. The topological polar surface area (TPSA) is 124 Å². The number of hydrogen-bond acceptors (Lipinski definition) is 7. The number of benzene rings is 1. The Bertz CT molecular complexity index is 1490. The minimum Gasteiger partial charge on any atom is -0.441 e. The minimum atomic E-state index is -1.12. The third kappa shape index (κ3) is 6.86. The number of rotatable bonds is 9. The minimum absolute atomic E-state index is 0.156. The summed E-state index contributed by atoms with van der Waals surface area (Å²) in [5.74, 6) is -1.87. The van der Waals surface area contributed by atoms with E-state index in [4.69, 9.17) is 4.74 Å². The number of carbonyl (C=O) groups is 2. The van der Waals surface area contributed by atoms with E-state index in [2.05, 4.69) is 37.5 Å². The van der Waals surface area contributed by atoms with E-state index < -0.39 is 24.0 Å². The van der Waals surface area contributed by atoms with Gasteiger partial charge in [-0.15, -0.1) is 5.10 Å². The molecule has 0 saturated carbocycles. The molecule has 0 fully saturated rings. The SMILES string of the molecule is C=C(CCc1ccccc1)C(=O)Nc1ccc(-c2nnn(C)c2NC(=O)O[C@H](C)c2cc(F)cnc2F)nc1. The summed E-state index contributed by atoms with van der Waals surface area (Å²) in [5, 5.41) is 13.2. The number of nitrogens with one attached hydrogen (secondary N) is 2. The fraction of sp³-hybridized carbons (Fsp3) is 0.185. The number of aromatic nitrogens is 5. The fourth-order valence-corrected chi connectivity index (χ4v) is 3.62. The Labute approximate surface area is 222 Å². The highest BCUT2D eigenvalue weighted by Gasteiger charge is 2.21. The van der Waals surface area contributed by atoms with Crippen LogP contribution in [0.1, 0.15) is 30.6 Å². The van der Waals surface area contributed by atoms with Gasteiger partial charge < -0.3 is 10.1 Å². The van der Waals surface area contributed by atoms with Gasteiger partial charge in [0.05, 0.1) is 29.3 Å². The maximum Gasteiger partial charge on any atom is 0.413 e. The monoisotopic (exact) mass is 533 g/mol. The first-order valence-electron chi connectivity index (χ1n) is 11.9. The van der Waals surface area contributed by atoms with Crippen LogP contribution in [0.15, 0.2) is 73.1 Å². The molecular formula is C27H25F2N7O3. The molecule has 0 aliphatic carbocycles. The molecule has 0 unspecified atom stereocenters. The summed E-state index contributed by atoms with van der Waals surface area (Å²) >= 11 is 0. The fourth-order valence-electron chi connectivity index (χ4n) is 3.62. The van der Waals surface area contributed by atoms with Gasteiger partial charge in [-0.1, -0.05) is 42.1 Å². The van der Waals surface area contributed by atoms with Crippen LogP contribution in [0.25, 0.3) is 11.4 Å². The Balaban J connectivity index is 1.38. The molecule has 0 saturated heterocycles. The van der Waals surface area contributed by atoms with Crippen molar-refractivity contribution < 1.29 is 23.1 Å². The summed E-state index contributed by atoms with van der Waals surface area (Å²) < 4.78 is 33.8. The average Bonchev–Trinajstić information content (AvgIpc) is 3.29. The van der Waals surface area contributed by atoms with Crippen molar-refractivity contribution in [3.63, 3.8) is 0 Å². The van der Waals surface area contributed by atoms with Crippen LogP contribution in [-0.2, 0) is 23.0 Å². The molecule has 4 aromatic rings. The first kappa shape index (κ1) is 27.0. The molecule has 4 rings (SSSR count). The Morgan fingerprint density at radius 2 is 1.85 bits per heavy atom. The van der Waals surface area contributed by atoms with Gasteiger partial charge in [0.1, 0.15) is 11.9 Å². The number of ether oxygens (including phenoxy) is 1. The second kappa shape index (κ2) is 12.0. The normalized spacial score (nSPS) is 11.5. The van der Waals surface area contributed by atoms with E-state index in [9.17, 15) is 18.4 Å². The van der Waals surface area contributed by atoms with Crippen LogP contribution in [0, 0.1) is 11.8 Å². The smallest absolute Gasteiger partial charge is 0.413 e. The lowest BCUT2D eigenvalue weighted by molar-refractivity contribution is -0.113. The van der Waals surface area contributed by atoms with Crippen molar-refractivity contribution in [2.75, 3.05) is 10.6 Å². The first-order valence-corrected chi connectivity index (χ1v) is 11.9. The molecule has 1 atom stereocenters. The standard InChI is InChI=1S/C27H25F2N7O3/c1-16(9-10-18-7-5-4-6-8-18)26(37)32-20-11-12-22(30-15-20)23-25(36(3)35-34-23)33-27(38)39-17(2)21-13-19(28)14-31-24(21)29/h4-8,11-15,17H,1,9-10H2,2-3H3,(H,32,37)(H,33,38)/t17-/m1/s1. The van der Waals surface area contributed by atoms with Gasteiger partial charge in [0.15, 0.2) is 11.5 Å². The van der Waals surface area contributed by atoms with Gasteiger partial charge in [-0.25, -0.2) is 18.9 Å². The third-order valence-corrected chi connectivity index (χ3v) is 5.75. The summed E-state index contributed by atoms with van der Waals surface area (Å²) in [7, 11) is 1.54. The molecule has 0 bridgehead atoms. The number of hydrogen-bond donors (Lipinski definition) is 2. The van der Waals surface area contributed by atoms with Gasteiger partial charge in [0, 0.05) is 12.6 Å². The quantitative estimate of drug-likeness (QED) is 0.230. The molecule has 2 amide bonds. The van der Waals surface area contributed by atoms with Crippen molar-refractivity contribution in [1.82, 2.24) is 25.0 Å². The molecule has 1 aromatic carbocycles. The summed E-state index contributed by atoms with van der Waals surface area (Å²) in [6, 6.07) is 13.9. The molecule has 0 aliphatic rings. The third-order valence-electron chi connectivity index (χ3n) is 5.75. The number of pyridine rings is 2. The predicted molar refractivity (Wildman–Crippen MR) is 139 cm³/mol. The molecule has 200 valence electrons. The zero-order valence-electron chi connectivity index (χ0n) is 21.2. The van der Waals surface area contributed by atoms with Crippen molar-refractivity contribution in [2.24, 2.45) is 7.05 Å². The maximum atomic E-state index is 13.9. The Kier molecular flexibility index (Phi) is 8.34. The van der Waals surface area contributed by atoms with Crippen molar-refractivity contribution in [1.29, 1.82) is 0 Å². The lowest BCUT2D eigenvalue weighted by Gasteiger charge is -2.15. The van der Waals surface area contributed by atoms with Crippen LogP contribution in [0.2, 0.25) is 0 Å². The van der Waals surface area contributed by atoms with Crippen molar-refractivity contribution in [3.05, 3.63) is 96.0 Å². The maximum absolute atomic E-state index is 13.9. The predicted octanol–water partition coefficient (Wildman–Crippen LogP) is 4.99. The van der Waals surface area contributed by atoms with Crippen molar-refractivity contribution >= 4 is 23.5 Å².